The van der Waals surface area contributed by atoms with Crippen LogP contribution in [0.4, 0.5) is 19.7 Å². The minimum absolute atomic E-state index is 0.0188. The first-order chi connectivity index (χ1) is 19.7. The fraction of sp³-hybridized carbons (Fsp3) is 0.407. The molecule has 4 heterocycles. The monoisotopic (exact) mass is 602 g/mol. The van der Waals surface area contributed by atoms with Crippen molar-refractivity contribution in [2.75, 3.05) is 63.6 Å². The molecule has 1 atom stereocenters. The third kappa shape index (κ3) is 5.11. The van der Waals surface area contributed by atoms with Crippen LogP contribution >= 0.6 is 22.9 Å². The molecule has 0 bridgehead atoms. The Balaban J connectivity index is 1.46. The van der Waals surface area contributed by atoms with Gasteiger partial charge in [0, 0.05) is 48.7 Å². The third-order valence-corrected chi connectivity index (χ3v) is 9.00. The number of nitrogens with two attached hydrogens (primary N) is 2. The molecule has 4 aromatic rings. The summed E-state index contributed by atoms with van der Waals surface area (Å²) in [6, 6.07) is 4.55. The van der Waals surface area contributed by atoms with Crippen LogP contribution in [0.3, 0.4) is 0 Å². The van der Waals surface area contributed by atoms with Crippen LogP contribution in [0.5, 0.6) is 6.01 Å². The van der Waals surface area contributed by atoms with E-state index in [1.807, 2.05) is 11.9 Å². The zero-order valence-corrected chi connectivity index (χ0v) is 23.9. The van der Waals surface area contributed by atoms with E-state index < -0.39 is 11.6 Å². The summed E-state index contributed by atoms with van der Waals surface area (Å²) in [5.74, 6) is -0.872. The topological polar surface area (TPSA) is 127 Å². The Kier molecular flexibility index (Phi) is 7.53. The van der Waals surface area contributed by atoms with Gasteiger partial charge in [-0.05, 0) is 44.6 Å². The average Bonchev–Trinajstić information content (AvgIpc) is 3.57. The van der Waals surface area contributed by atoms with Crippen molar-refractivity contribution in [1.29, 1.82) is 0 Å². The van der Waals surface area contributed by atoms with E-state index in [9.17, 15) is 9.18 Å². The van der Waals surface area contributed by atoms with E-state index >= 15 is 4.39 Å². The third-order valence-electron chi connectivity index (χ3n) is 7.81. The number of aromatic nitrogens is 3. The molecule has 1 unspecified atom stereocenters. The summed E-state index contributed by atoms with van der Waals surface area (Å²) in [6.07, 6.45) is 2.06. The molecule has 2 saturated heterocycles. The molecule has 216 valence electrons. The van der Waals surface area contributed by atoms with Gasteiger partial charge in [-0.3, -0.25) is 4.79 Å². The lowest BCUT2D eigenvalue weighted by molar-refractivity contribution is -0.129. The largest absolute Gasteiger partial charge is 0.462 e. The van der Waals surface area contributed by atoms with Gasteiger partial charge in [0.2, 0.25) is 5.91 Å². The molecule has 2 aromatic carbocycles. The molecule has 2 aliphatic heterocycles. The number of ether oxygens (including phenoxy) is 1. The van der Waals surface area contributed by atoms with Gasteiger partial charge < -0.3 is 30.9 Å². The first-order valence-electron chi connectivity index (χ1n) is 13.4. The average molecular weight is 603 g/mol. The number of nitrogen functional groups attached to an aromatic ring is 1. The van der Waals surface area contributed by atoms with E-state index in [1.165, 1.54) is 12.1 Å². The number of benzene rings is 2. The van der Waals surface area contributed by atoms with Crippen LogP contribution in [-0.4, -0.2) is 89.6 Å². The Bertz CT molecular complexity index is 1650. The van der Waals surface area contributed by atoms with Gasteiger partial charge in [-0.1, -0.05) is 22.9 Å². The number of fused-ring (bicyclic) bond motifs is 2. The second-order valence-electron chi connectivity index (χ2n) is 10.3. The molecule has 14 heteroatoms. The Morgan fingerprint density at radius 2 is 1.93 bits per heavy atom. The van der Waals surface area contributed by atoms with E-state index in [0.29, 0.717) is 49.6 Å². The van der Waals surface area contributed by atoms with Gasteiger partial charge in [-0.25, -0.2) is 13.8 Å². The predicted octanol–water partition coefficient (Wildman–Crippen LogP) is 3.50. The standard InChI is InChI=1S/C27H29ClF2N8O2S/c1-36-6-2-3-14(36)13-40-27-34-22-16(25(35-27)38-9-7-37(8-10-38)19(39)12-31)11-17(28)20(21(22)30)15-4-5-18(29)24-23(15)33-26(32)41-24/h4-5,11,14H,2-3,6-10,12-13,31H2,1H3,(H2,32,33). The Labute approximate surface area is 243 Å². The van der Waals surface area contributed by atoms with Crippen molar-refractivity contribution in [3.05, 3.63) is 34.9 Å². The van der Waals surface area contributed by atoms with Crippen molar-refractivity contribution < 1.29 is 18.3 Å². The highest BCUT2D eigenvalue weighted by Crippen LogP contribution is 2.42. The number of amides is 1. The molecule has 0 saturated carbocycles. The summed E-state index contributed by atoms with van der Waals surface area (Å²) in [4.78, 5) is 31.4. The van der Waals surface area contributed by atoms with Crippen LogP contribution in [0.2, 0.25) is 5.02 Å². The molecule has 0 radical (unpaired) electrons. The fourth-order valence-corrected chi connectivity index (χ4v) is 6.62. The zero-order chi connectivity index (χ0) is 28.8. The van der Waals surface area contributed by atoms with Crippen molar-refractivity contribution in [3.8, 4) is 17.1 Å². The predicted molar refractivity (Wildman–Crippen MR) is 156 cm³/mol. The quantitative estimate of drug-likeness (QED) is 0.341. The number of anilines is 2. The molecular formula is C27H29ClF2N8O2S. The highest BCUT2D eigenvalue weighted by molar-refractivity contribution is 7.22. The van der Waals surface area contributed by atoms with Crippen LogP contribution in [-0.2, 0) is 4.79 Å². The minimum atomic E-state index is -0.699. The molecule has 1 amide bonds. The van der Waals surface area contributed by atoms with E-state index in [4.69, 9.17) is 32.8 Å². The van der Waals surface area contributed by atoms with Gasteiger partial charge >= 0.3 is 6.01 Å². The number of hydrogen-bond acceptors (Lipinski definition) is 10. The Morgan fingerprint density at radius 1 is 1.15 bits per heavy atom. The van der Waals surface area contributed by atoms with Gasteiger partial charge in [-0.2, -0.15) is 9.97 Å². The second kappa shape index (κ2) is 11.1. The lowest BCUT2D eigenvalue weighted by Crippen LogP contribution is -2.50. The summed E-state index contributed by atoms with van der Waals surface area (Å²) in [7, 11) is 2.04. The number of carbonyl (C=O) groups excluding carboxylic acids is 1. The molecule has 10 nitrogen and oxygen atoms in total. The summed E-state index contributed by atoms with van der Waals surface area (Å²) >= 11 is 7.70. The van der Waals surface area contributed by atoms with Crippen LogP contribution in [0, 0.1) is 11.6 Å². The van der Waals surface area contributed by atoms with Crippen molar-refractivity contribution >= 4 is 60.9 Å². The van der Waals surface area contributed by atoms with Crippen LogP contribution < -0.4 is 21.1 Å². The van der Waals surface area contributed by atoms with E-state index in [-0.39, 0.29) is 56.0 Å². The Hall–Kier alpha value is -3.39. The van der Waals surface area contributed by atoms with Gasteiger partial charge in [0.25, 0.3) is 0 Å². The maximum atomic E-state index is 16.5. The van der Waals surface area contributed by atoms with Crippen LogP contribution in [0.25, 0.3) is 32.2 Å². The molecule has 0 aliphatic carbocycles. The van der Waals surface area contributed by atoms with E-state index in [1.54, 1.807) is 11.0 Å². The number of thiazole rings is 1. The molecule has 0 spiro atoms. The first kappa shape index (κ1) is 27.8. The van der Waals surface area contributed by atoms with Crippen molar-refractivity contribution in [1.82, 2.24) is 24.8 Å². The van der Waals surface area contributed by atoms with E-state index in [0.717, 1.165) is 30.7 Å². The highest BCUT2D eigenvalue weighted by atomic mass is 35.5. The SMILES string of the molecule is CN1CCCC1COc1nc(N2CCN(C(=O)CN)CC2)c2cc(Cl)c(-c3ccc(F)c4sc(N)nc34)c(F)c2n1. The first-order valence-corrected chi connectivity index (χ1v) is 14.5. The van der Waals surface area contributed by atoms with Crippen molar-refractivity contribution in [2.24, 2.45) is 5.73 Å². The number of halogens is 3. The van der Waals surface area contributed by atoms with E-state index in [2.05, 4.69) is 14.9 Å². The summed E-state index contributed by atoms with van der Waals surface area (Å²) in [5, 5.41) is 0.655. The van der Waals surface area contributed by atoms with Gasteiger partial charge in [0.15, 0.2) is 10.9 Å². The lowest BCUT2D eigenvalue weighted by Gasteiger charge is -2.35. The summed E-state index contributed by atoms with van der Waals surface area (Å²) in [6.45, 7) is 3.08. The number of nitrogens with zero attached hydrogens (tertiary/aromatic N) is 6. The number of rotatable bonds is 6. The maximum Gasteiger partial charge on any atom is 0.319 e. The number of likely N-dealkylation sites (tertiary alicyclic amines) is 1. The lowest BCUT2D eigenvalue weighted by atomic mass is 10.0. The number of carbonyl (C=O) groups is 1. The highest BCUT2D eigenvalue weighted by Gasteiger charge is 2.28. The minimum Gasteiger partial charge on any atom is -0.462 e. The van der Waals surface area contributed by atoms with Gasteiger partial charge in [0.1, 0.15) is 23.8 Å². The van der Waals surface area contributed by atoms with Crippen LogP contribution in [0.1, 0.15) is 12.8 Å². The van der Waals surface area contributed by atoms with Crippen molar-refractivity contribution in [3.63, 3.8) is 0 Å². The smallest absolute Gasteiger partial charge is 0.319 e. The maximum absolute atomic E-state index is 16.5. The fourth-order valence-electron chi connectivity index (χ4n) is 5.56. The zero-order valence-electron chi connectivity index (χ0n) is 22.4. The van der Waals surface area contributed by atoms with Crippen molar-refractivity contribution in [2.45, 2.75) is 18.9 Å². The molecule has 4 N–H and O–H groups in total. The molecule has 41 heavy (non-hydrogen) atoms. The normalized spacial score (nSPS) is 18.1. The van der Waals surface area contributed by atoms with Crippen LogP contribution in [0.15, 0.2) is 18.2 Å². The number of piperazine rings is 1. The molecule has 2 fully saturated rings. The van der Waals surface area contributed by atoms with Gasteiger partial charge in [0.05, 0.1) is 21.8 Å². The Morgan fingerprint density at radius 3 is 2.63 bits per heavy atom. The molecule has 2 aliphatic rings. The summed E-state index contributed by atoms with van der Waals surface area (Å²) < 4.78 is 37.3. The molecule has 6 rings (SSSR count). The molecular weight excluding hydrogens is 574 g/mol. The van der Waals surface area contributed by atoms with Gasteiger partial charge in [-0.15, -0.1) is 0 Å². The number of likely N-dealkylation sites (N-methyl/N-ethyl adjacent to an activating group) is 1. The second-order valence-corrected chi connectivity index (χ2v) is 11.7. The number of hydrogen-bond donors (Lipinski definition) is 2. The molecule has 2 aromatic heterocycles. The summed E-state index contributed by atoms with van der Waals surface area (Å²) in [5.41, 5.74) is 12.0.